The third kappa shape index (κ3) is 4.05. The second-order valence-electron chi connectivity index (χ2n) is 6.09. The minimum Gasteiger partial charge on any atom is -0.497 e. The van der Waals surface area contributed by atoms with Crippen LogP contribution in [0.2, 0.25) is 0 Å². The summed E-state index contributed by atoms with van der Waals surface area (Å²) in [7, 11) is 3.17. The molecule has 0 unspecified atom stereocenters. The number of benzene rings is 1. The molecule has 26 heavy (non-hydrogen) atoms. The first-order chi connectivity index (χ1) is 12.6. The predicted molar refractivity (Wildman–Crippen MR) is 93.7 cm³/mol. The molecule has 0 spiro atoms. The van der Waals surface area contributed by atoms with Crippen LogP contribution in [0.1, 0.15) is 21.9 Å². The summed E-state index contributed by atoms with van der Waals surface area (Å²) < 4.78 is 15.7. The molecule has 0 bridgehead atoms. The number of hydrogen-bond acceptors (Lipinski definition) is 5. The van der Waals surface area contributed by atoms with Crippen LogP contribution in [0.25, 0.3) is 0 Å². The number of ether oxygens (including phenoxy) is 2. The van der Waals surface area contributed by atoms with Gasteiger partial charge < -0.3 is 23.7 Å². The van der Waals surface area contributed by atoms with E-state index in [2.05, 4.69) is 0 Å². The molecule has 1 fully saturated rings. The summed E-state index contributed by atoms with van der Waals surface area (Å²) >= 11 is 0. The predicted octanol–water partition coefficient (Wildman–Crippen LogP) is 1.92. The summed E-state index contributed by atoms with van der Waals surface area (Å²) in [5, 5.41) is 0. The topological polar surface area (TPSA) is 72.2 Å². The number of furan rings is 1. The molecular weight excluding hydrogens is 336 g/mol. The summed E-state index contributed by atoms with van der Waals surface area (Å²) in [5.41, 5.74) is 0.993. The highest BCUT2D eigenvalue weighted by atomic mass is 16.5. The fourth-order valence-corrected chi connectivity index (χ4v) is 2.91. The Balaban J connectivity index is 1.60. The van der Waals surface area contributed by atoms with Crippen molar-refractivity contribution in [3.63, 3.8) is 0 Å². The molecule has 1 aliphatic rings. The van der Waals surface area contributed by atoms with Gasteiger partial charge in [-0.3, -0.25) is 9.59 Å². The van der Waals surface area contributed by atoms with Crippen LogP contribution in [0.3, 0.4) is 0 Å². The minimum absolute atomic E-state index is 0.0448. The van der Waals surface area contributed by atoms with Crippen LogP contribution in [-0.2, 0) is 22.7 Å². The molecule has 7 heteroatoms. The fourth-order valence-electron chi connectivity index (χ4n) is 2.91. The second-order valence-corrected chi connectivity index (χ2v) is 6.09. The van der Waals surface area contributed by atoms with Crippen molar-refractivity contribution in [1.82, 2.24) is 9.80 Å². The van der Waals surface area contributed by atoms with Crippen molar-refractivity contribution in [3.05, 3.63) is 53.5 Å². The van der Waals surface area contributed by atoms with E-state index < -0.39 is 0 Å². The Kier molecular flexibility index (Phi) is 5.58. The first-order valence-corrected chi connectivity index (χ1v) is 8.38. The summed E-state index contributed by atoms with van der Waals surface area (Å²) in [6, 6.07) is 10.9. The lowest BCUT2D eigenvalue weighted by Crippen LogP contribution is -2.51. The molecule has 3 rings (SSSR count). The molecule has 1 aliphatic heterocycles. The smallest absolute Gasteiger partial charge is 0.290 e. The average Bonchev–Trinajstić information content (AvgIpc) is 3.12. The monoisotopic (exact) mass is 358 g/mol. The molecule has 0 N–H and O–H groups in total. The highest BCUT2D eigenvalue weighted by Crippen LogP contribution is 2.17. The molecule has 0 radical (unpaired) electrons. The summed E-state index contributed by atoms with van der Waals surface area (Å²) in [6.45, 7) is 1.79. The van der Waals surface area contributed by atoms with Gasteiger partial charge in [0.05, 0.1) is 7.11 Å². The van der Waals surface area contributed by atoms with Crippen molar-refractivity contribution >= 4 is 11.8 Å². The van der Waals surface area contributed by atoms with Crippen molar-refractivity contribution < 1.29 is 23.5 Å². The van der Waals surface area contributed by atoms with E-state index in [1.807, 2.05) is 24.3 Å². The van der Waals surface area contributed by atoms with E-state index in [4.69, 9.17) is 13.9 Å². The standard InChI is InChI=1S/C19H22N2O5/c1-24-13-16-6-7-17(26-16)19(23)21-9-8-20(18(22)12-21)11-14-4-3-5-15(10-14)25-2/h3-7,10H,8-9,11-13H2,1-2H3. The van der Waals surface area contributed by atoms with Gasteiger partial charge in [0.2, 0.25) is 5.91 Å². The number of carbonyl (C=O) groups excluding carboxylic acids is 2. The molecule has 2 heterocycles. The maximum Gasteiger partial charge on any atom is 0.290 e. The summed E-state index contributed by atoms with van der Waals surface area (Å²) in [6.07, 6.45) is 0. The molecule has 7 nitrogen and oxygen atoms in total. The molecule has 0 saturated carbocycles. The van der Waals surface area contributed by atoms with Crippen LogP contribution in [0.15, 0.2) is 40.8 Å². The van der Waals surface area contributed by atoms with Gasteiger partial charge in [0, 0.05) is 26.7 Å². The van der Waals surface area contributed by atoms with Gasteiger partial charge in [0.15, 0.2) is 5.76 Å². The Labute approximate surface area is 152 Å². The molecule has 0 atom stereocenters. The summed E-state index contributed by atoms with van der Waals surface area (Å²) in [5.74, 6) is 1.20. The number of methoxy groups -OCH3 is 2. The van der Waals surface area contributed by atoms with Gasteiger partial charge in [-0.25, -0.2) is 0 Å². The van der Waals surface area contributed by atoms with Gasteiger partial charge in [-0.05, 0) is 29.8 Å². The number of rotatable bonds is 6. The molecule has 2 aromatic rings. The van der Waals surface area contributed by atoms with Gasteiger partial charge in [0.25, 0.3) is 5.91 Å². The number of nitrogens with zero attached hydrogens (tertiary/aromatic N) is 2. The van der Waals surface area contributed by atoms with E-state index in [0.717, 1.165) is 11.3 Å². The molecule has 1 saturated heterocycles. The number of hydrogen-bond donors (Lipinski definition) is 0. The molecule has 0 aliphatic carbocycles. The van der Waals surface area contributed by atoms with E-state index in [1.165, 1.54) is 4.90 Å². The van der Waals surface area contributed by atoms with Gasteiger partial charge in [-0.15, -0.1) is 0 Å². The first kappa shape index (κ1) is 18.0. The lowest BCUT2D eigenvalue weighted by molar-refractivity contribution is -0.135. The van der Waals surface area contributed by atoms with Crippen molar-refractivity contribution in [2.24, 2.45) is 0 Å². The quantitative estimate of drug-likeness (QED) is 0.789. The van der Waals surface area contributed by atoms with Crippen molar-refractivity contribution in [3.8, 4) is 5.75 Å². The molecule has 138 valence electrons. The zero-order chi connectivity index (χ0) is 18.5. The summed E-state index contributed by atoms with van der Waals surface area (Å²) in [4.78, 5) is 28.2. The number of piperazine rings is 1. The van der Waals surface area contributed by atoms with E-state index in [9.17, 15) is 9.59 Å². The SMILES string of the molecule is COCc1ccc(C(=O)N2CCN(Cc3cccc(OC)c3)C(=O)C2)o1. The zero-order valence-corrected chi connectivity index (χ0v) is 14.9. The van der Waals surface area contributed by atoms with Gasteiger partial charge in [-0.2, -0.15) is 0 Å². The van der Waals surface area contributed by atoms with Crippen LogP contribution in [0.5, 0.6) is 5.75 Å². The van der Waals surface area contributed by atoms with Crippen LogP contribution in [0.4, 0.5) is 0 Å². The lowest BCUT2D eigenvalue weighted by Gasteiger charge is -2.34. The Morgan fingerprint density at radius 3 is 2.77 bits per heavy atom. The third-order valence-electron chi connectivity index (χ3n) is 4.27. The third-order valence-corrected chi connectivity index (χ3v) is 4.27. The van der Waals surface area contributed by atoms with Gasteiger partial charge >= 0.3 is 0 Å². The van der Waals surface area contributed by atoms with E-state index in [1.54, 1.807) is 31.3 Å². The normalized spacial score (nSPS) is 14.6. The number of carbonyl (C=O) groups is 2. The maximum atomic E-state index is 12.5. The maximum absolute atomic E-state index is 12.5. The van der Waals surface area contributed by atoms with Crippen molar-refractivity contribution in [2.45, 2.75) is 13.2 Å². The average molecular weight is 358 g/mol. The largest absolute Gasteiger partial charge is 0.497 e. The Morgan fingerprint density at radius 2 is 2.04 bits per heavy atom. The van der Waals surface area contributed by atoms with Crippen molar-refractivity contribution in [1.29, 1.82) is 0 Å². The van der Waals surface area contributed by atoms with Crippen LogP contribution < -0.4 is 4.74 Å². The van der Waals surface area contributed by atoms with Gasteiger partial charge in [0.1, 0.15) is 24.7 Å². The molecule has 1 aromatic heterocycles. The van der Waals surface area contributed by atoms with E-state index in [0.29, 0.717) is 32.0 Å². The molecule has 2 amide bonds. The molecular formula is C19H22N2O5. The lowest BCUT2D eigenvalue weighted by atomic mass is 10.2. The fraction of sp³-hybridized carbons (Fsp3) is 0.368. The van der Waals surface area contributed by atoms with Crippen molar-refractivity contribution in [2.75, 3.05) is 33.9 Å². The zero-order valence-electron chi connectivity index (χ0n) is 14.9. The van der Waals surface area contributed by atoms with Gasteiger partial charge in [-0.1, -0.05) is 12.1 Å². The Bertz CT molecular complexity index is 786. The van der Waals surface area contributed by atoms with E-state index in [-0.39, 0.29) is 24.1 Å². The Hall–Kier alpha value is -2.80. The van der Waals surface area contributed by atoms with Crippen LogP contribution in [-0.4, -0.2) is 55.5 Å². The second kappa shape index (κ2) is 8.05. The first-order valence-electron chi connectivity index (χ1n) is 8.38. The van der Waals surface area contributed by atoms with E-state index >= 15 is 0 Å². The van der Waals surface area contributed by atoms with Crippen LogP contribution >= 0.6 is 0 Å². The molecule has 1 aromatic carbocycles. The Morgan fingerprint density at radius 1 is 1.19 bits per heavy atom. The highest BCUT2D eigenvalue weighted by molar-refractivity contribution is 5.95. The van der Waals surface area contributed by atoms with Crippen LogP contribution in [0, 0.1) is 0 Å². The number of amides is 2. The highest BCUT2D eigenvalue weighted by Gasteiger charge is 2.29. The minimum atomic E-state index is -0.276.